The fraction of sp³-hybridized carbons (Fsp3) is 0.550. The number of pyridine rings is 1. The van der Waals surface area contributed by atoms with Crippen LogP contribution in [0.5, 0.6) is 0 Å². The Labute approximate surface area is 166 Å². The summed E-state index contributed by atoms with van der Waals surface area (Å²) in [5.74, 6) is 1.60. The van der Waals surface area contributed by atoms with E-state index in [-0.39, 0.29) is 23.6 Å². The Hall–Kier alpha value is -2.60. The topological polar surface area (TPSA) is 83.8 Å². The van der Waals surface area contributed by atoms with Crippen LogP contribution in [0.15, 0.2) is 18.3 Å². The highest BCUT2D eigenvalue weighted by Crippen LogP contribution is 2.58. The molecule has 0 aromatic carbocycles. The molecular formula is C20H21F3N6. The number of nitriles is 1. The molecule has 0 amide bonds. The highest BCUT2D eigenvalue weighted by molar-refractivity contribution is 5.64. The zero-order chi connectivity index (χ0) is 20.3. The number of hydrogen-bond donors (Lipinski definition) is 1. The minimum Gasteiger partial charge on any atom is -0.383 e. The lowest BCUT2D eigenvalue weighted by atomic mass is 10.1. The van der Waals surface area contributed by atoms with Crippen molar-refractivity contribution in [2.75, 3.05) is 25.4 Å². The maximum atomic E-state index is 12.7. The highest BCUT2D eigenvalue weighted by atomic mass is 19.4. The lowest BCUT2D eigenvalue weighted by Gasteiger charge is -2.21. The number of rotatable bonds is 5. The number of nitrogens with zero attached hydrogens (tertiary/aromatic N) is 5. The Morgan fingerprint density at radius 2 is 1.93 bits per heavy atom. The maximum Gasteiger partial charge on any atom is 0.401 e. The van der Waals surface area contributed by atoms with Gasteiger partial charge in [-0.2, -0.15) is 23.5 Å². The standard InChI is InChI=1S/C20H21F3N6/c21-20(22,23)10-28-8-14-15(9-28)18(14)17-4-16(27-29(17)7-11-1-2-11)13-3-12(5-24)19(25)26-6-13/h3-4,6,11,14-15,18H,1-2,7-10H2,(H2,25,26)/t14-,15+,18-. The average molecular weight is 402 g/mol. The second-order valence-electron chi connectivity index (χ2n) is 8.51. The molecule has 29 heavy (non-hydrogen) atoms. The van der Waals surface area contributed by atoms with Gasteiger partial charge in [0.15, 0.2) is 0 Å². The third-order valence-corrected chi connectivity index (χ3v) is 6.29. The van der Waals surface area contributed by atoms with Crippen molar-refractivity contribution < 1.29 is 13.2 Å². The third kappa shape index (κ3) is 3.57. The number of nitrogen functional groups attached to an aromatic ring is 1. The lowest BCUT2D eigenvalue weighted by Crippen LogP contribution is -2.34. The summed E-state index contributed by atoms with van der Waals surface area (Å²) in [5.41, 5.74) is 8.60. The molecule has 0 bridgehead atoms. The molecule has 2 N–H and O–H groups in total. The maximum absolute atomic E-state index is 12.7. The predicted molar refractivity (Wildman–Crippen MR) is 99.5 cm³/mol. The van der Waals surface area contributed by atoms with E-state index >= 15 is 0 Å². The molecule has 3 heterocycles. The number of halogens is 3. The molecule has 2 aliphatic carbocycles. The summed E-state index contributed by atoms with van der Waals surface area (Å²) in [6.45, 7) is 0.986. The second-order valence-corrected chi connectivity index (χ2v) is 8.51. The summed E-state index contributed by atoms with van der Waals surface area (Å²) in [6, 6.07) is 5.75. The Balaban J connectivity index is 1.39. The Morgan fingerprint density at radius 1 is 1.21 bits per heavy atom. The molecule has 0 spiro atoms. The molecule has 0 unspecified atom stereocenters. The lowest BCUT2D eigenvalue weighted by molar-refractivity contribution is -0.144. The number of alkyl halides is 3. The van der Waals surface area contributed by atoms with E-state index < -0.39 is 12.7 Å². The van der Waals surface area contributed by atoms with Gasteiger partial charge in [0.2, 0.25) is 0 Å². The summed E-state index contributed by atoms with van der Waals surface area (Å²) in [6.07, 6.45) is -0.155. The van der Waals surface area contributed by atoms with Crippen molar-refractivity contribution >= 4 is 5.82 Å². The Morgan fingerprint density at radius 3 is 2.55 bits per heavy atom. The van der Waals surface area contributed by atoms with Crippen molar-refractivity contribution in [3.05, 3.63) is 29.6 Å². The molecule has 2 aromatic heterocycles. The fourth-order valence-electron chi connectivity index (χ4n) is 4.67. The van der Waals surface area contributed by atoms with E-state index in [0.29, 0.717) is 24.6 Å². The Kier molecular flexibility index (Phi) is 4.10. The van der Waals surface area contributed by atoms with Crippen molar-refractivity contribution in [3.8, 4) is 17.3 Å². The number of piperidine rings is 1. The number of nitrogens with two attached hydrogens (primary N) is 1. The van der Waals surface area contributed by atoms with Crippen LogP contribution in [0, 0.1) is 29.1 Å². The normalized spacial score (nSPS) is 26.3. The van der Waals surface area contributed by atoms with E-state index in [2.05, 4.69) is 4.98 Å². The van der Waals surface area contributed by atoms with Crippen molar-refractivity contribution in [1.29, 1.82) is 5.26 Å². The van der Waals surface area contributed by atoms with Crippen LogP contribution in [-0.2, 0) is 6.54 Å². The first-order chi connectivity index (χ1) is 13.8. The van der Waals surface area contributed by atoms with Crippen LogP contribution in [0.3, 0.4) is 0 Å². The molecule has 3 atom stereocenters. The largest absolute Gasteiger partial charge is 0.401 e. The van der Waals surface area contributed by atoms with Crippen LogP contribution in [-0.4, -0.2) is 45.5 Å². The SMILES string of the molecule is N#Cc1cc(-c2cc([C@@H]3[C@@H]4CN(CC(F)(F)F)C[C@@H]43)n(CC3CC3)n2)cnc1N. The zero-order valence-corrected chi connectivity index (χ0v) is 15.7. The van der Waals surface area contributed by atoms with Gasteiger partial charge in [0, 0.05) is 43.0 Å². The van der Waals surface area contributed by atoms with Gasteiger partial charge in [0.25, 0.3) is 0 Å². The number of hydrogen-bond acceptors (Lipinski definition) is 5. The minimum atomic E-state index is -4.15. The third-order valence-electron chi connectivity index (χ3n) is 6.29. The smallest absolute Gasteiger partial charge is 0.383 e. The van der Waals surface area contributed by atoms with Crippen LogP contribution < -0.4 is 5.73 Å². The molecule has 5 rings (SSSR count). The zero-order valence-electron chi connectivity index (χ0n) is 15.7. The van der Waals surface area contributed by atoms with Crippen LogP contribution in [0.2, 0.25) is 0 Å². The molecule has 3 aliphatic rings. The van der Waals surface area contributed by atoms with Crippen molar-refractivity contribution in [1.82, 2.24) is 19.7 Å². The molecule has 1 aliphatic heterocycles. The van der Waals surface area contributed by atoms with Gasteiger partial charge in [-0.05, 0) is 42.7 Å². The summed E-state index contributed by atoms with van der Waals surface area (Å²) in [5, 5.41) is 14.0. The van der Waals surface area contributed by atoms with Crippen LogP contribution in [0.25, 0.3) is 11.3 Å². The van der Waals surface area contributed by atoms with Crippen LogP contribution in [0.1, 0.15) is 30.0 Å². The summed E-state index contributed by atoms with van der Waals surface area (Å²) < 4.78 is 40.0. The molecule has 2 aromatic rings. The van der Waals surface area contributed by atoms with Gasteiger partial charge in [-0.25, -0.2) is 4.98 Å². The van der Waals surface area contributed by atoms with E-state index in [9.17, 15) is 18.4 Å². The summed E-state index contributed by atoms with van der Waals surface area (Å²) >= 11 is 0. The first-order valence-corrected chi connectivity index (χ1v) is 9.85. The van der Waals surface area contributed by atoms with E-state index in [1.165, 1.54) is 17.7 Å². The van der Waals surface area contributed by atoms with Crippen molar-refractivity contribution in [2.45, 2.75) is 31.5 Å². The molecule has 152 valence electrons. The van der Waals surface area contributed by atoms with Gasteiger partial charge in [-0.1, -0.05) is 0 Å². The quantitative estimate of drug-likeness (QED) is 0.831. The van der Waals surface area contributed by atoms with Crippen LogP contribution in [0.4, 0.5) is 19.0 Å². The summed E-state index contributed by atoms with van der Waals surface area (Å²) in [4.78, 5) is 5.60. The first-order valence-electron chi connectivity index (χ1n) is 9.85. The van der Waals surface area contributed by atoms with Gasteiger partial charge >= 0.3 is 6.18 Å². The molecule has 6 nitrogen and oxygen atoms in total. The van der Waals surface area contributed by atoms with E-state index in [4.69, 9.17) is 10.8 Å². The fourth-order valence-corrected chi connectivity index (χ4v) is 4.67. The van der Waals surface area contributed by atoms with Gasteiger partial charge in [0.1, 0.15) is 11.9 Å². The molecule has 0 radical (unpaired) electrons. The first kappa shape index (κ1) is 18.4. The molecule has 9 heteroatoms. The van der Waals surface area contributed by atoms with Gasteiger partial charge < -0.3 is 5.73 Å². The number of aromatic nitrogens is 3. The minimum absolute atomic E-state index is 0.190. The summed E-state index contributed by atoms with van der Waals surface area (Å²) in [7, 11) is 0. The molecule has 2 saturated carbocycles. The van der Waals surface area contributed by atoms with Crippen molar-refractivity contribution in [2.24, 2.45) is 17.8 Å². The second kappa shape index (κ2) is 6.46. The average Bonchev–Trinajstić information content (AvgIpc) is 3.50. The predicted octanol–water partition coefficient (Wildman–Crippen LogP) is 3.02. The molecule has 3 fully saturated rings. The van der Waals surface area contributed by atoms with E-state index in [1.807, 2.05) is 16.8 Å². The van der Waals surface area contributed by atoms with Gasteiger partial charge in [-0.3, -0.25) is 9.58 Å². The van der Waals surface area contributed by atoms with Gasteiger partial charge in [0.05, 0.1) is 17.8 Å². The number of likely N-dealkylation sites (tertiary alicyclic amines) is 1. The highest BCUT2D eigenvalue weighted by Gasteiger charge is 2.58. The molecule has 1 saturated heterocycles. The van der Waals surface area contributed by atoms with E-state index in [1.54, 1.807) is 12.3 Å². The van der Waals surface area contributed by atoms with Crippen molar-refractivity contribution in [3.63, 3.8) is 0 Å². The monoisotopic (exact) mass is 402 g/mol. The van der Waals surface area contributed by atoms with Crippen LogP contribution >= 0.6 is 0 Å². The van der Waals surface area contributed by atoms with Gasteiger partial charge in [-0.15, -0.1) is 0 Å². The number of fused-ring (bicyclic) bond motifs is 1. The Bertz CT molecular complexity index is 975. The molecular weight excluding hydrogens is 381 g/mol. The van der Waals surface area contributed by atoms with E-state index in [0.717, 1.165) is 23.5 Å². The number of anilines is 1.